The monoisotopic (exact) mass is 372 g/mol. The maximum Gasteiger partial charge on any atom is 0.410 e. The minimum atomic E-state index is -0.615. The normalized spacial score (nSPS) is 22.0. The fourth-order valence-electron chi connectivity index (χ4n) is 3.97. The van der Waals surface area contributed by atoms with Crippen LogP contribution < -0.4 is 0 Å². The Kier molecular flexibility index (Phi) is 3.94. The molecule has 1 aromatic heterocycles. The molecule has 2 aliphatic heterocycles. The summed E-state index contributed by atoms with van der Waals surface area (Å²) in [5.74, 6) is -0.448. The van der Waals surface area contributed by atoms with E-state index >= 15 is 0 Å². The molecule has 2 amide bonds. The van der Waals surface area contributed by atoms with Gasteiger partial charge in [-0.05, 0) is 38.1 Å². The third kappa shape index (κ3) is 2.85. The van der Waals surface area contributed by atoms with Crippen LogP contribution in [0, 0.1) is 19.7 Å². The minimum absolute atomic E-state index is 0.124. The molecule has 0 unspecified atom stereocenters. The molecular weight excluding hydrogens is 351 g/mol. The molecular formula is C19H21FN4O3. The van der Waals surface area contributed by atoms with Crippen LogP contribution in [0.1, 0.15) is 28.2 Å². The number of aromatic nitrogens is 2. The fraction of sp³-hybridized carbons (Fsp3) is 0.421. The van der Waals surface area contributed by atoms with Gasteiger partial charge in [-0.15, -0.1) is 0 Å². The van der Waals surface area contributed by atoms with Crippen LogP contribution in [0.25, 0.3) is 5.69 Å². The molecule has 2 saturated heterocycles. The Bertz CT molecular complexity index is 924. The molecule has 1 atom stereocenters. The molecule has 27 heavy (non-hydrogen) atoms. The van der Waals surface area contributed by atoms with Crippen LogP contribution in [0.2, 0.25) is 0 Å². The molecule has 0 aliphatic carbocycles. The molecule has 2 aromatic rings. The van der Waals surface area contributed by atoms with Crippen LogP contribution >= 0.6 is 0 Å². The van der Waals surface area contributed by atoms with Gasteiger partial charge in [-0.25, -0.2) is 13.9 Å². The Morgan fingerprint density at radius 3 is 2.56 bits per heavy atom. The third-order valence-electron chi connectivity index (χ3n) is 5.32. The van der Waals surface area contributed by atoms with Crippen LogP contribution in [0.4, 0.5) is 9.18 Å². The number of nitrogens with zero attached hydrogens (tertiary/aromatic N) is 4. The van der Waals surface area contributed by atoms with Crippen molar-refractivity contribution in [3.63, 3.8) is 0 Å². The quantitative estimate of drug-likeness (QED) is 0.811. The number of benzene rings is 1. The second-order valence-corrected chi connectivity index (χ2v) is 7.32. The number of carbonyl (C=O) groups is 2. The van der Waals surface area contributed by atoms with E-state index in [9.17, 15) is 14.0 Å². The van der Waals surface area contributed by atoms with E-state index < -0.39 is 5.60 Å². The van der Waals surface area contributed by atoms with Crippen LogP contribution in [0.5, 0.6) is 0 Å². The largest absolute Gasteiger partial charge is 0.439 e. The van der Waals surface area contributed by atoms with Gasteiger partial charge < -0.3 is 14.5 Å². The first-order chi connectivity index (χ1) is 12.8. The van der Waals surface area contributed by atoms with Gasteiger partial charge in [-0.2, -0.15) is 5.10 Å². The maximum atomic E-state index is 13.2. The van der Waals surface area contributed by atoms with E-state index in [2.05, 4.69) is 5.10 Å². The van der Waals surface area contributed by atoms with Gasteiger partial charge in [-0.3, -0.25) is 4.79 Å². The molecule has 0 N–H and O–H groups in total. The molecule has 8 heteroatoms. The highest BCUT2D eigenvalue weighted by Crippen LogP contribution is 2.33. The molecule has 1 spiro atoms. The highest BCUT2D eigenvalue weighted by Gasteiger charge is 2.50. The minimum Gasteiger partial charge on any atom is -0.439 e. The van der Waals surface area contributed by atoms with Crippen molar-refractivity contribution in [3.05, 3.63) is 47.0 Å². The van der Waals surface area contributed by atoms with Gasteiger partial charge in [0.2, 0.25) is 0 Å². The van der Waals surface area contributed by atoms with Crippen molar-refractivity contribution in [2.75, 3.05) is 26.7 Å². The predicted molar refractivity (Wildman–Crippen MR) is 95.4 cm³/mol. The van der Waals surface area contributed by atoms with Gasteiger partial charge in [0, 0.05) is 20.0 Å². The molecule has 0 saturated carbocycles. The van der Waals surface area contributed by atoms with Crippen molar-refractivity contribution in [3.8, 4) is 5.69 Å². The molecule has 4 rings (SSSR count). The first kappa shape index (κ1) is 17.5. The summed E-state index contributed by atoms with van der Waals surface area (Å²) in [4.78, 5) is 28.1. The topological polar surface area (TPSA) is 67.7 Å². The van der Waals surface area contributed by atoms with E-state index in [1.54, 1.807) is 35.7 Å². The molecule has 142 valence electrons. The Morgan fingerprint density at radius 1 is 1.22 bits per heavy atom. The van der Waals surface area contributed by atoms with Gasteiger partial charge >= 0.3 is 6.09 Å². The highest BCUT2D eigenvalue weighted by atomic mass is 19.1. The second-order valence-electron chi connectivity index (χ2n) is 7.32. The Morgan fingerprint density at radius 2 is 1.93 bits per heavy atom. The lowest BCUT2D eigenvalue weighted by Crippen LogP contribution is -2.39. The number of likely N-dealkylation sites (tertiary alicyclic amines) is 1. The van der Waals surface area contributed by atoms with Crippen LogP contribution in [0.3, 0.4) is 0 Å². The number of amides is 2. The standard InChI is InChI=1S/C19H21FN4O3/c1-12-16(13(2)24(21-12)15-6-4-14(20)5-7-15)17(25)23-9-8-19(11-23)10-22(3)18(26)27-19/h4-7H,8-11H2,1-3H3/t19-/m0/s1. The zero-order valence-corrected chi connectivity index (χ0v) is 15.5. The molecule has 0 radical (unpaired) electrons. The number of aryl methyl sites for hydroxylation is 1. The lowest BCUT2D eigenvalue weighted by atomic mass is 10.0. The van der Waals surface area contributed by atoms with E-state index in [0.717, 1.165) is 0 Å². The van der Waals surface area contributed by atoms with E-state index in [1.165, 1.54) is 17.0 Å². The predicted octanol–water partition coefficient (Wildman–Crippen LogP) is 2.29. The summed E-state index contributed by atoms with van der Waals surface area (Å²) in [6, 6.07) is 5.98. The average Bonchev–Trinajstić information content (AvgIpc) is 3.25. The van der Waals surface area contributed by atoms with Crippen molar-refractivity contribution in [1.29, 1.82) is 0 Å². The number of rotatable bonds is 2. The summed E-state index contributed by atoms with van der Waals surface area (Å²) in [7, 11) is 1.70. The average molecular weight is 372 g/mol. The van der Waals surface area contributed by atoms with Gasteiger partial charge in [0.25, 0.3) is 5.91 Å². The highest BCUT2D eigenvalue weighted by molar-refractivity contribution is 5.97. The molecule has 7 nitrogen and oxygen atoms in total. The Balaban J connectivity index is 1.60. The zero-order chi connectivity index (χ0) is 19.3. The summed E-state index contributed by atoms with van der Waals surface area (Å²) in [6.07, 6.45) is 0.278. The molecule has 2 aliphatic rings. The van der Waals surface area contributed by atoms with Gasteiger partial charge in [-0.1, -0.05) is 0 Å². The van der Waals surface area contributed by atoms with Crippen molar-refractivity contribution in [2.24, 2.45) is 0 Å². The third-order valence-corrected chi connectivity index (χ3v) is 5.32. The van der Waals surface area contributed by atoms with Gasteiger partial charge in [0.05, 0.1) is 35.7 Å². The summed E-state index contributed by atoms with van der Waals surface area (Å²) in [6.45, 7) is 5.01. The smallest absolute Gasteiger partial charge is 0.410 e. The van der Waals surface area contributed by atoms with Crippen LogP contribution in [0.15, 0.2) is 24.3 Å². The summed E-state index contributed by atoms with van der Waals surface area (Å²) < 4.78 is 20.4. The van der Waals surface area contributed by atoms with Crippen LogP contribution in [-0.2, 0) is 4.74 Å². The van der Waals surface area contributed by atoms with E-state index in [0.29, 0.717) is 48.7 Å². The SMILES string of the molecule is Cc1nn(-c2ccc(F)cc2)c(C)c1C(=O)N1CC[C@]2(CN(C)C(=O)O2)C1. The van der Waals surface area contributed by atoms with E-state index in [4.69, 9.17) is 4.74 Å². The Hall–Kier alpha value is -2.90. The molecule has 0 bridgehead atoms. The number of hydrogen-bond donors (Lipinski definition) is 0. The molecule has 3 heterocycles. The second kappa shape index (κ2) is 6.07. The fourth-order valence-corrected chi connectivity index (χ4v) is 3.97. The number of hydrogen-bond acceptors (Lipinski definition) is 4. The first-order valence-corrected chi connectivity index (χ1v) is 8.85. The van der Waals surface area contributed by atoms with Crippen molar-refractivity contribution in [2.45, 2.75) is 25.9 Å². The summed E-state index contributed by atoms with van der Waals surface area (Å²) in [5.41, 5.74) is 1.93. The summed E-state index contributed by atoms with van der Waals surface area (Å²) in [5, 5.41) is 4.47. The van der Waals surface area contributed by atoms with Crippen molar-refractivity contribution < 1.29 is 18.7 Å². The Labute approximate surface area is 156 Å². The molecule has 1 aromatic carbocycles. The number of likely N-dealkylation sites (N-methyl/N-ethyl adjacent to an activating group) is 1. The molecule has 2 fully saturated rings. The zero-order valence-electron chi connectivity index (χ0n) is 15.5. The summed E-state index contributed by atoms with van der Waals surface area (Å²) >= 11 is 0. The van der Waals surface area contributed by atoms with Crippen LogP contribution in [-0.4, -0.2) is 63.9 Å². The van der Waals surface area contributed by atoms with E-state index in [1.807, 2.05) is 6.92 Å². The van der Waals surface area contributed by atoms with E-state index in [-0.39, 0.29) is 17.8 Å². The lowest BCUT2D eigenvalue weighted by Gasteiger charge is -2.22. The first-order valence-electron chi connectivity index (χ1n) is 8.85. The van der Waals surface area contributed by atoms with Crippen molar-refractivity contribution in [1.82, 2.24) is 19.6 Å². The number of halogens is 1. The van der Waals surface area contributed by atoms with Gasteiger partial charge in [0.1, 0.15) is 5.82 Å². The lowest BCUT2D eigenvalue weighted by molar-refractivity contribution is 0.0552. The number of ether oxygens (including phenoxy) is 1. The number of carbonyl (C=O) groups excluding carboxylic acids is 2. The maximum absolute atomic E-state index is 13.2. The van der Waals surface area contributed by atoms with Gasteiger partial charge in [0.15, 0.2) is 5.60 Å². The van der Waals surface area contributed by atoms with Crippen molar-refractivity contribution >= 4 is 12.0 Å².